The van der Waals surface area contributed by atoms with E-state index in [4.69, 9.17) is 11.6 Å². The molecule has 112 valence electrons. The summed E-state index contributed by atoms with van der Waals surface area (Å²) in [7, 11) is 0. The molecular weight excluding hydrogens is 286 g/mol. The number of aromatic nitrogens is 2. The fourth-order valence-electron chi connectivity index (χ4n) is 2.07. The molecule has 2 aromatic rings. The number of carbonyl (C=O) groups is 1. The molecule has 1 atom stereocenters. The van der Waals surface area contributed by atoms with Crippen LogP contribution in [0.1, 0.15) is 41.9 Å². The summed E-state index contributed by atoms with van der Waals surface area (Å²) in [4.78, 5) is 12.3. The van der Waals surface area contributed by atoms with E-state index in [0.717, 1.165) is 12.0 Å². The number of hydrogen-bond acceptors (Lipinski definition) is 2. The predicted octanol–water partition coefficient (Wildman–Crippen LogP) is 3.42. The standard InChI is InChI=1S/C16H20ClN3O/c1-4-11(2)18-16(21)14-12(3)19-20(15(14)17)10-13-8-6-5-7-9-13/h5-9,11H,4,10H2,1-3H3,(H,18,21). The molecule has 5 heteroatoms. The van der Waals surface area contributed by atoms with Gasteiger partial charge in [-0.25, -0.2) is 4.68 Å². The Morgan fingerprint density at radius 2 is 2.05 bits per heavy atom. The van der Waals surface area contributed by atoms with E-state index < -0.39 is 0 Å². The Morgan fingerprint density at radius 3 is 2.67 bits per heavy atom. The highest BCUT2D eigenvalue weighted by molar-refractivity contribution is 6.33. The minimum atomic E-state index is -0.161. The van der Waals surface area contributed by atoms with Crippen LogP contribution in [-0.2, 0) is 6.54 Å². The second kappa shape index (κ2) is 6.76. The van der Waals surface area contributed by atoms with Gasteiger partial charge in [0.15, 0.2) is 0 Å². The largest absolute Gasteiger partial charge is 0.349 e. The molecule has 1 aromatic carbocycles. The number of benzene rings is 1. The number of aryl methyl sites for hydroxylation is 1. The van der Waals surface area contributed by atoms with Crippen LogP contribution in [0, 0.1) is 6.92 Å². The van der Waals surface area contributed by atoms with Crippen LogP contribution in [0.3, 0.4) is 0 Å². The summed E-state index contributed by atoms with van der Waals surface area (Å²) in [6.07, 6.45) is 0.876. The number of rotatable bonds is 5. The van der Waals surface area contributed by atoms with Crippen LogP contribution in [0.2, 0.25) is 5.15 Å². The lowest BCUT2D eigenvalue weighted by atomic mass is 10.2. The molecule has 1 aromatic heterocycles. The van der Waals surface area contributed by atoms with Crippen LogP contribution < -0.4 is 5.32 Å². The summed E-state index contributed by atoms with van der Waals surface area (Å²) in [5, 5.41) is 7.70. The Balaban J connectivity index is 2.23. The van der Waals surface area contributed by atoms with E-state index in [-0.39, 0.29) is 11.9 Å². The first-order valence-electron chi connectivity index (χ1n) is 7.10. The summed E-state index contributed by atoms with van der Waals surface area (Å²) in [6, 6.07) is 10.0. The minimum absolute atomic E-state index is 0.116. The van der Waals surface area contributed by atoms with Crippen molar-refractivity contribution in [3.8, 4) is 0 Å². The highest BCUT2D eigenvalue weighted by Gasteiger charge is 2.21. The van der Waals surface area contributed by atoms with Gasteiger partial charge in [-0.3, -0.25) is 4.79 Å². The van der Waals surface area contributed by atoms with Gasteiger partial charge >= 0.3 is 0 Å². The SMILES string of the molecule is CCC(C)NC(=O)c1c(C)nn(Cc2ccccc2)c1Cl. The molecule has 1 amide bonds. The summed E-state index contributed by atoms with van der Waals surface area (Å²) >= 11 is 6.34. The van der Waals surface area contributed by atoms with E-state index in [2.05, 4.69) is 10.4 Å². The number of hydrogen-bond donors (Lipinski definition) is 1. The van der Waals surface area contributed by atoms with Crippen LogP contribution in [0.4, 0.5) is 0 Å². The van der Waals surface area contributed by atoms with Crippen LogP contribution in [0.25, 0.3) is 0 Å². The summed E-state index contributed by atoms with van der Waals surface area (Å²) in [5.74, 6) is -0.161. The van der Waals surface area contributed by atoms with Gasteiger partial charge in [-0.1, -0.05) is 48.9 Å². The zero-order valence-electron chi connectivity index (χ0n) is 12.6. The Morgan fingerprint density at radius 1 is 1.38 bits per heavy atom. The monoisotopic (exact) mass is 305 g/mol. The van der Waals surface area contributed by atoms with Crippen molar-refractivity contribution in [3.05, 3.63) is 52.3 Å². The number of carbonyl (C=O) groups excluding carboxylic acids is 1. The van der Waals surface area contributed by atoms with Gasteiger partial charge in [-0.2, -0.15) is 5.10 Å². The average molecular weight is 306 g/mol. The van der Waals surface area contributed by atoms with Crippen molar-refractivity contribution in [1.82, 2.24) is 15.1 Å². The molecule has 0 saturated heterocycles. The molecule has 0 bridgehead atoms. The van der Waals surface area contributed by atoms with Crippen molar-refractivity contribution in [2.75, 3.05) is 0 Å². The molecule has 1 heterocycles. The zero-order chi connectivity index (χ0) is 15.4. The highest BCUT2D eigenvalue weighted by atomic mass is 35.5. The van der Waals surface area contributed by atoms with Crippen LogP contribution in [-0.4, -0.2) is 21.7 Å². The minimum Gasteiger partial charge on any atom is -0.349 e. The molecule has 4 nitrogen and oxygen atoms in total. The lowest BCUT2D eigenvalue weighted by Gasteiger charge is -2.11. The Hall–Kier alpha value is -1.81. The van der Waals surface area contributed by atoms with E-state index in [9.17, 15) is 4.79 Å². The molecule has 1 N–H and O–H groups in total. The van der Waals surface area contributed by atoms with Gasteiger partial charge < -0.3 is 5.32 Å². The van der Waals surface area contributed by atoms with Crippen molar-refractivity contribution in [3.63, 3.8) is 0 Å². The molecule has 2 rings (SSSR count). The van der Waals surface area contributed by atoms with Crippen LogP contribution in [0.5, 0.6) is 0 Å². The zero-order valence-corrected chi connectivity index (χ0v) is 13.3. The fraction of sp³-hybridized carbons (Fsp3) is 0.375. The first kappa shape index (κ1) is 15.6. The fourth-order valence-corrected chi connectivity index (χ4v) is 2.39. The third-order valence-corrected chi connectivity index (χ3v) is 3.84. The third-order valence-electron chi connectivity index (χ3n) is 3.46. The van der Waals surface area contributed by atoms with E-state index in [1.807, 2.05) is 44.2 Å². The van der Waals surface area contributed by atoms with Gasteiger partial charge in [-0.15, -0.1) is 0 Å². The maximum atomic E-state index is 12.3. The number of halogens is 1. The second-order valence-electron chi connectivity index (χ2n) is 5.18. The highest BCUT2D eigenvalue weighted by Crippen LogP contribution is 2.21. The molecule has 0 radical (unpaired) electrons. The molecule has 0 aliphatic rings. The van der Waals surface area contributed by atoms with Gasteiger partial charge in [0.1, 0.15) is 5.15 Å². The van der Waals surface area contributed by atoms with Crippen molar-refractivity contribution in [1.29, 1.82) is 0 Å². The lowest BCUT2D eigenvalue weighted by molar-refractivity contribution is 0.0939. The van der Waals surface area contributed by atoms with Crippen molar-refractivity contribution in [2.24, 2.45) is 0 Å². The first-order valence-corrected chi connectivity index (χ1v) is 7.48. The molecule has 0 aliphatic heterocycles. The molecular formula is C16H20ClN3O. The normalized spacial score (nSPS) is 12.2. The van der Waals surface area contributed by atoms with Gasteiger partial charge in [-0.05, 0) is 25.8 Å². The quantitative estimate of drug-likeness (QED) is 0.920. The van der Waals surface area contributed by atoms with Crippen molar-refractivity contribution in [2.45, 2.75) is 39.8 Å². The number of nitrogens with one attached hydrogen (secondary N) is 1. The first-order chi connectivity index (χ1) is 10.0. The summed E-state index contributed by atoms with van der Waals surface area (Å²) in [5.41, 5.74) is 2.21. The Kier molecular flexibility index (Phi) is 5.02. The molecule has 21 heavy (non-hydrogen) atoms. The van der Waals surface area contributed by atoms with E-state index in [0.29, 0.717) is 23.0 Å². The van der Waals surface area contributed by atoms with Gasteiger partial charge in [0.25, 0.3) is 5.91 Å². The van der Waals surface area contributed by atoms with E-state index in [1.54, 1.807) is 11.6 Å². The van der Waals surface area contributed by atoms with Gasteiger partial charge in [0.05, 0.1) is 17.8 Å². The van der Waals surface area contributed by atoms with Gasteiger partial charge in [0, 0.05) is 6.04 Å². The molecule has 1 unspecified atom stereocenters. The molecule has 0 aliphatic carbocycles. The van der Waals surface area contributed by atoms with Crippen LogP contribution >= 0.6 is 11.6 Å². The van der Waals surface area contributed by atoms with E-state index >= 15 is 0 Å². The topological polar surface area (TPSA) is 46.9 Å². The molecule has 0 saturated carbocycles. The maximum Gasteiger partial charge on any atom is 0.256 e. The lowest BCUT2D eigenvalue weighted by Crippen LogP contribution is -2.32. The Labute approximate surface area is 130 Å². The molecule has 0 spiro atoms. The Bertz CT molecular complexity index is 622. The van der Waals surface area contributed by atoms with Gasteiger partial charge in [0.2, 0.25) is 0 Å². The third kappa shape index (κ3) is 3.64. The maximum absolute atomic E-state index is 12.3. The van der Waals surface area contributed by atoms with Crippen molar-refractivity contribution >= 4 is 17.5 Å². The van der Waals surface area contributed by atoms with Crippen LogP contribution in [0.15, 0.2) is 30.3 Å². The molecule has 0 fully saturated rings. The van der Waals surface area contributed by atoms with E-state index in [1.165, 1.54) is 0 Å². The van der Waals surface area contributed by atoms with Crippen molar-refractivity contribution < 1.29 is 4.79 Å². The second-order valence-corrected chi connectivity index (χ2v) is 5.54. The average Bonchev–Trinajstić information content (AvgIpc) is 2.74. The smallest absolute Gasteiger partial charge is 0.256 e. The summed E-state index contributed by atoms with van der Waals surface area (Å²) in [6.45, 7) is 6.35. The number of nitrogens with zero attached hydrogens (tertiary/aromatic N) is 2. The number of amides is 1. The summed E-state index contributed by atoms with van der Waals surface area (Å²) < 4.78 is 1.66. The predicted molar refractivity (Wildman–Crippen MR) is 84.7 cm³/mol.